The van der Waals surface area contributed by atoms with Crippen molar-refractivity contribution in [3.8, 4) is 0 Å². The summed E-state index contributed by atoms with van der Waals surface area (Å²) in [4.78, 5) is 0. The summed E-state index contributed by atoms with van der Waals surface area (Å²) in [5, 5.41) is 9.56. The van der Waals surface area contributed by atoms with Crippen LogP contribution in [0.15, 0.2) is 24.3 Å². The fourth-order valence-corrected chi connectivity index (χ4v) is 1.20. The molecule has 0 fully saturated rings. The lowest BCUT2D eigenvalue weighted by molar-refractivity contribution is 0.170. The zero-order valence-corrected chi connectivity index (χ0v) is 7.33. The minimum atomic E-state index is -0.408. The summed E-state index contributed by atoms with van der Waals surface area (Å²) in [6.07, 6.45) is 0.221. The van der Waals surface area contributed by atoms with Gasteiger partial charge in [-0.3, -0.25) is 0 Å². The summed E-state index contributed by atoms with van der Waals surface area (Å²) in [5.74, 6) is 0. The Morgan fingerprint density at radius 2 is 2.25 bits per heavy atom. The first-order valence-corrected chi connectivity index (χ1v) is 4.18. The molecule has 0 saturated carbocycles. The molecule has 0 aliphatic rings. The second kappa shape index (κ2) is 4.24. The van der Waals surface area contributed by atoms with E-state index in [1.165, 1.54) is 5.56 Å². The van der Waals surface area contributed by atoms with Crippen LogP contribution in [-0.2, 0) is 0 Å². The third kappa shape index (κ3) is 2.32. The molecule has 1 aromatic carbocycles. The van der Waals surface area contributed by atoms with Crippen LogP contribution in [0.5, 0.6) is 0 Å². The van der Waals surface area contributed by atoms with Crippen molar-refractivity contribution in [2.45, 2.75) is 19.4 Å². The normalized spacial score (nSPS) is 12.9. The van der Waals surface area contributed by atoms with Crippen molar-refractivity contribution in [2.24, 2.45) is 5.73 Å². The lowest BCUT2D eigenvalue weighted by Crippen LogP contribution is -2.06. The van der Waals surface area contributed by atoms with Gasteiger partial charge in [0.05, 0.1) is 6.10 Å². The number of nitrogens with two attached hydrogens (primary N) is 1. The third-order valence-electron chi connectivity index (χ3n) is 1.87. The van der Waals surface area contributed by atoms with E-state index in [1.54, 1.807) is 0 Å². The molecule has 2 heteroatoms. The molecule has 3 N–H and O–H groups in total. The van der Waals surface area contributed by atoms with Crippen LogP contribution >= 0.6 is 0 Å². The predicted octanol–water partition coefficient (Wildman–Crippen LogP) is 1.38. The van der Waals surface area contributed by atoms with Crippen LogP contribution in [0.4, 0.5) is 0 Å². The van der Waals surface area contributed by atoms with Crippen molar-refractivity contribution in [1.29, 1.82) is 0 Å². The fourth-order valence-electron chi connectivity index (χ4n) is 1.20. The van der Waals surface area contributed by atoms with Crippen LogP contribution in [0.3, 0.4) is 0 Å². The highest BCUT2D eigenvalue weighted by Gasteiger charge is 2.04. The second-order valence-corrected chi connectivity index (χ2v) is 3.01. The molecule has 0 bridgehead atoms. The summed E-state index contributed by atoms with van der Waals surface area (Å²) in [6.45, 7) is 2.54. The second-order valence-electron chi connectivity index (χ2n) is 3.01. The van der Waals surface area contributed by atoms with Gasteiger partial charge in [-0.2, -0.15) is 0 Å². The van der Waals surface area contributed by atoms with E-state index in [2.05, 4.69) is 0 Å². The number of aliphatic hydroxyl groups is 1. The molecule has 0 radical (unpaired) electrons. The summed E-state index contributed by atoms with van der Waals surface area (Å²) in [7, 11) is 0. The summed E-state index contributed by atoms with van der Waals surface area (Å²) < 4.78 is 0. The topological polar surface area (TPSA) is 46.2 Å². The van der Waals surface area contributed by atoms with Crippen molar-refractivity contribution >= 4 is 0 Å². The molecule has 0 saturated heterocycles. The van der Waals surface area contributed by atoms with Gasteiger partial charge in [0.2, 0.25) is 0 Å². The van der Waals surface area contributed by atoms with E-state index in [1.807, 2.05) is 31.2 Å². The average molecular weight is 165 g/mol. The van der Waals surface area contributed by atoms with Crippen LogP contribution in [0.25, 0.3) is 0 Å². The molecular formula is C10H15NO. The first-order valence-electron chi connectivity index (χ1n) is 4.18. The Labute approximate surface area is 73.0 Å². The maximum absolute atomic E-state index is 9.56. The van der Waals surface area contributed by atoms with Crippen molar-refractivity contribution in [3.63, 3.8) is 0 Å². The van der Waals surface area contributed by atoms with E-state index >= 15 is 0 Å². The van der Waals surface area contributed by atoms with Crippen LogP contribution in [0.1, 0.15) is 23.7 Å². The molecule has 0 amide bonds. The van der Waals surface area contributed by atoms with Gasteiger partial charge in [0.1, 0.15) is 0 Å². The average Bonchev–Trinajstić information content (AvgIpc) is 2.05. The maximum atomic E-state index is 9.56. The zero-order valence-electron chi connectivity index (χ0n) is 7.33. The van der Waals surface area contributed by atoms with E-state index in [9.17, 15) is 5.11 Å². The standard InChI is InChI=1S/C10H15NO/c1-8-3-2-4-9(7-8)10(12)5-6-11/h2-4,7,10,12H,5-6,11H2,1H3/t10-/m0/s1. The number of aryl methyl sites for hydroxylation is 1. The lowest BCUT2D eigenvalue weighted by Gasteiger charge is -2.09. The van der Waals surface area contributed by atoms with Crippen LogP contribution in [0.2, 0.25) is 0 Å². The number of aliphatic hydroxyl groups excluding tert-OH is 1. The summed E-state index contributed by atoms with van der Waals surface area (Å²) in [5.41, 5.74) is 7.47. The van der Waals surface area contributed by atoms with Crippen molar-refractivity contribution in [3.05, 3.63) is 35.4 Å². The van der Waals surface area contributed by atoms with E-state index in [4.69, 9.17) is 5.73 Å². The number of hydrogen-bond donors (Lipinski definition) is 2. The van der Waals surface area contributed by atoms with Crippen molar-refractivity contribution in [2.75, 3.05) is 6.54 Å². The molecule has 1 rings (SSSR count). The maximum Gasteiger partial charge on any atom is 0.0802 e. The molecule has 0 aliphatic heterocycles. The predicted molar refractivity (Wildman–Crippen MR) is 49.8 cm³/mol. The number of hydrogen-bond acceptors (Lipinski definition) is 2. The van der Waals surface area contributed by atoms with Gasteiger partial charge >= 0.3 is 0 Å². The quantitative estimate of drug-likeness (QED) is 0.710. The van der Waals surface area contributed by atoms with Gasteiger partial charge in [-0.15, -0.1) is 0 Å². The van der Waals surface area contributed by atoms with Gasteiger partial charge < -0.3 is 10.8 Å². The van der Waals surface area contributed by atoms with Gasteiger partial charge in [-0.05, 0) is 25.5 Å². The highest BCUT2D eigenvalue weighted by atomic mass is 16.3. The molecule has 1 aromatic rings. The Hall–Kier alpha value is -0.860. The Morgan fingerprint density at radius 3 is 2.83 bits per heavy atom. The van der Waals surface area contributed by atoms with Crippen LogP contribution in [0, 0.1) is 6.92 Å². The Bertz CT molecular complexity index is 247. The van der Waals surface area contributed by atoms with Crippen LogP contribution in [-0.4, -0.2) is 11.7 Å². The van der Waals surface area contributed by atoms with Gasteiger partial charge in [0.15, 0.2) is 0 Å². The molecule has 0 aromatic heterocycles. The zero-order chi connectivity index (χ0) is 8.97. The van der Waals surface area contributed by atoms with Crippen LogP contribution < -0.4 is 5.73 Å². The highest BCUT2D eigenvalue weighted by molar-refractivity contribution is 5.23. The molecule has 1 atom stereocenters. The van der Waals surface area contributed by atoms with Gasteiger partial charge in [-0.1, -0.05) is 29.8 Å². The largest absolute Gasteiger partial charge is 0.388 e. The van der Waals surface area contributed by atoms with E-state index in [-0.39, 0.29) is 0 Å². The first kappa shape index (κ1) is 9.23. The number of benzene rings is 1. The molecule has 0 spiro atoms. The van der Waals surface area contributed by atoms with Gasteiger partial charge in [0.25, 0.3) is 0 Å². The van der Waals surface area contributed by atoms with E-state index in [0.717, 1.165) is 5.56 Å². The van der Waals surface area contributed by atoms with Crippen molar-refractivity contribution in [1.82, 2.24) is 0 Å². The Kier molecular flexibility index (Phi) is 3.26. The molecule has 0 heterocycles. The number of rotatable bonds is 3. The smallest absolute Gasteiger partial charge is 0.0802 e. The van der Waals surface area contributed by atoms with E-state index in [0.29, 0.717) is 13.0 Å². The van der Waals surface area contributed by atoms with Gasteiger partial charge in [0, 0.05) is 0 Å². The first-order chi connectivity index (χ1) is 5.74. The molecule has 66 valence electrons. The summed E-state index contributed by atoms with van der Waals surface area (Å²) in [6, 6.07) is 7.87. The van der Waals surface area contributed by atoms with Gasteiger partial charge in [-0.25, -0.2) is 0 Å². The van der Waals surface area contributed by atoms with E-state index < -0.39 is 6.10 Å². The Balaban J connectivity index is 2.73. The molecule has 0 aliphatic carbocycles. The lowest BCUT2D eigenvalue weighted by atomic mass is 10.0. The molecule has 2 nitrogen and oxygen atoms in total. The van der Waals surface area contributed by atoms with Crippen molar-refractivity contribution < 1.29 is 5.11 Å². The molecule has 0 unspecified atom stereocenters. The summed E-state index contributed by atoms with van der Waals surface area (Å²) >= 11 is 0. The minimum Gasteiger partial charge on any atom is -0.388 e. The SMILES string of the molecule is Cc1cccc([C@@H](O)CCN)c1. The molecular weight excluding hydrogens is 150 g/mol. The Morgan fingerprint density at radius 1 is 1.50 bits per heavy atom. The fraction of sp³-hybridized carbons (Fsp3) is 0.400. The molecule has 12 heavy (non-hydrogen) atoms. The highest BCUT2D eigenvalue weighted by Crippen LogP contribution is 2.16. The third-order valence-corrected chi connectivity index (χ3v) is 1.87. The minimum absolute atomic E-state index is 0.408. The monoisotopic (exact) mass is 165 g/mol.